The summed E-state index contributed by atoms with van der Waals surface area (Å²) in [5, 5.41) is 5.60. The summed E-state index contributed by atoms with van der Waals surface area (Å²) < 4.78 is 35.2. The van der Waals surface area contributed by atoms with Crippen molar-refractivity contribution in [3.05, 3.63) is 79.6 Å². The Morgan fingerprint density at radius 1 is 0.947 bits per heavy atom. The van der Waals surface area contributed by atoms with E-state index in [0.29, 0.717) is 45.1 Å². The Kier molecular flexibility index (Phi) is 8.21. The molecular weight excluding hydrogens is 571 g/mol. The van der Waals surface area contributed by atoms with Gasteiger partial charge < -0.3 is 9.64 Å². The molecule has 0 unspecified atom stereocenters. The van der Waals surface area contributed by atoms with E-state index in [-0.39, 0.29) is 36.3 Å². The number of hydrogen-bond acceptors (Lipinski definition) is 6. The van der Waals surface area contributed by atoms with Gasteiger partial charge in [-0.1, -0.05) is 46.9 Å². The lowest BCUT2D eigenvalue weighted by Gasteiger charge is -2.36. The molecule has 202 valence electrons. The highest BCUT2D eigenvalue weighted by Crippen LogP contribution is 2.31. The van der Waals surface area contributed by atoms with Crippen LogP contribution in [0, 0.1) is 0 Å². The third kappa shape index (κ3) is 5.97. The zero-order valence-electron chi connectivity index (χ0n) is 20.5. The zero-order chi connectivity index (χ0) is 26.9. The van der Waals surface area contributed by atoms with Crippen LogP contribution in [0.3, 0.4) is 0 Å². The van der Waals surface area contributed by atoms with Gasteiger partial charge in [-0.05, 0) is 61.6 Å². The summed E-state index contributed by atoms with van der Waals surface area (Å²) in [6.07, 6.45) is 5.47. The number of benzene rings is 2. The van der Waals surface area contributed by atoms with Crippen molar-refractivity contribution in [1.82, 2.24) is 14.1 Å². The summed E-state index contributed by atoms with van der Waals surface area (Å²) in [7, 11) is -3.58. The third-order valence-corrected chi connectivity index (χ3v) is 9.68. The lowest BCUT2D eigenvalue weighted by Crippen LogP contribution is -2.49. The number of nitrogens with zero attached hydrogens (tertiary/aromatic N) is 4. The van der Waals surface area contributed by atoms with Crippen molar-refractivity contribution in [2.45, 2.75) is 37.5 Å². The molecule has 0 amide bonds. The molecule has 0 radical (unpaired) electrons. The summed E-state index contributed by atoms with van der Waals surface area (Å²) in [6, 6.07) is 11.8. The van der Waals surface area contributed by atoms with Gasteiger partial charge in [-0.15, -0.1) is 0 Å². The van der Waals surface area contributed by atoms with E-state index in [9.17, 15) is 13.2 Å². The summed E-state index contributed by atoms with van der Waals surface area (Å²) >= 11 is 18.2. The first-order chi connectivity index (χ1) is 18.2. The Balaban J connectivity index is 1.37. The monoisotopic (exact) mass is 596 g/mol. The Bertz CT molecular complexity index is 1480. The number of sulfonamides is 1. The molecular formula is C26H27Cl3N4O4S. The van der Waals surface area contributed by atoms with Crippen LogP contribution in [-0.2, 0) is 15.8 Å². The number of anilines is 1. The van der Waals surface area contributed by atoms with Crippen LogP contribution in [0.5, 0.6) is 5.75 Å². The van der Waals surface area contributed by atoms with Crippen LogP contribution in [0.4, 0.5) is 5.69 Å². The fourth-order valence-electron chi connectivity index (χ4n) is 4.87. The van der Waals surface area contributed by atoms with Gasteiger partial charge in [-0.3, -0.25) is 4.79 Å². The Morgan fingerprint density at radius 2 is 1.68 bits per heavy atom. The van der Waals surface area contributed by atoms with E-state index in [1.165, 1.54) is 8.99 Å². The van der Waals surface area contributed by atoms with Gasteiger partial charge in [-0.2, -0.15) is 14.1 Å². The van der Waals surface area contributed by atoms with Crippen molar-refractivity contribution >= 4 is 50.5 Å². The molecule has 38 heavy (non-hydrogen) atoms. The smallest absolute Gasteiger partial charge is 0.316 e. The van der Waals surface area contributed by atoms with Gasteiger partial charge in [0.2, 0.25) is 15.8 Å². The lowest BCUT2D eigenvalue weighted by atomic mass is 10.2. The summed E-state index contributed by atoms with van der Waals surface area (Å²) in [5.41, 5.74) is 1.32. The molecule has 1 aliphatic heterocycles. The quantitative estimate of drug-likeness (QED) is 0.374. The standard InChI is InChI=1S/C26H27Cl3N4O4S/c27-19-4-3-5-20(15-19)33-26(34)25(37-21-6-1-2-7-21)24(16-30-33)31-10-12-32(13-11-31)38(35,36)17-18-8-9-22(28)23(29)14-18/h3-5,8-9,14-16,21H,1-2,6-7,10-13,17H2. The average Bonchev–Trinajstić information content (AvgIpc) is 3.41. The number of ether oxygens (including phenoxy) is 1. The zero-order valence-corrected chi connectivity index (χ0v) is 23.6. The van der Waals surface area contributed by atoms with E-state index in [2.05, 4.69) is 5.10 Å². The molecule has 0 bridgehead atoms. The number of hydrogen-bond donors (Lipinski definition) is 0. The maximum absolute atomic E-state index is 13.6. The van der Waals surface area contributed by atoms with Crippen LogP contribution in [-0.4, -0.2) is 54.8 Å². The van der Waals surface area contributed by atoms with Gasteiger partial charge in [0, 0.05) is 31.2 Å². The second-order valence-electron chi connectivity index (χ2n) is 9.47. The molecule has 2 aromatic carbocycles. The fourth-order valence-corrected chi connectivity index (χ4v) is 6.88. The second kappa shape index (κ2) is 11.4. The predicted molar refractivity (Wildman–Crippen MR) is 151 cm³/mol. The van der Waals surface area contributed by atoms with Crippen LogP contribution in [0.25, 0.3) is 5.69 Å². The van der Waals surface area contributed by atoms with Crippen molar-refractivity contribution in [2.24, 2.45) is 0 Å². The van der Waals surface area contributed by atoms with Crippen LogP contribution in [0.1, 0.15) is 31.2 Å². The van der Waals surface area contributed by atoms with E-state index >= 15 is 0 Å². The first-order valence-electron chi connectivity index (χ1n) is 12.4. The molecule has 1 aromatic heterocycles. The number of rotatable bonds is 7. The molecule has 2 heterocycles. The Hall–Kier alpha value is -2.30. The van der Waals surface area contributed by atoms with Crippen molar-refractivity contribution < 1.29 is 13.2 Å². The molecule has 2 fully saturated rings. The van der Waals surface area contributed by atoms with E-state index in [1.807, 2.05) is 4.90 Å². The van der Waals surface area contributed by atoms with Gasteiger partial charge in [0.15, 0.2) is 0 Å². The van der Waals surface area contributed by atoms with Gasteiger partial charge >= 0.3 is 5.56 Å². The van der Waals surface area contributed by atoms with E-state index in [0.717, 1.165) is 25.7 Å². The van der Waals surface area contributed by atoms with Gasteiger partial charge in [-0.25, -0.2) is 8.42 Å². The summed E-state index contributed by atoms with van der Waals surface area (Å²) in [5.74, 6) is 0.0657. The van der Waals surface area contributed by atoms with Crippen molar-refractivity contribution in [3.8, 4) is 11.4 Å². The van der Waals surface area contributed by atoms with Crippen LogP contribution >= 0.6 is 34.8 Å². The third-order valence-electron chi connectivity index (χ3n) is 6.86. The van der Waals surface area contributed by atoms with Crippen molar-refractivity contribution in [1.29, 1.82) is 0 Å². The fraction of sp³-hybridized carbons (Fsp3) is 0.385. The number of piperazine rings is 1. The molecule has 0 N–H and O–H groups in total. The minimum atomic E-state index is -3.58. The minimum Gasteiger partial charge on any atom is -0.483 e. The van der Waals surface area contributed by atoms with Crippen LogP contribution < -0.4 is 15.2 Å². The van der Waals surface area contributed by atoms with Gasteiger partial charge in [0.25, 0.3) is 0 Å². The maximum atomic E-state index is 13.6. The topological polar surface area (TPSA) is 84.7 Å². The summed E-state index contributed by atoms with van der Waals surface area (Å²) in [6.45, 7) is 1.32. The van der Waals surface area contributed by atoms with Gasteiger partial charge in [0.1, 0.15) is 5.69 Å². The van der Waals surface area contributed by atoms with Crippen LogP contribution in [0.2, 0.25) is 15.1 Å². The maximum Gasteiger partial charge on any atom is 0.316 e. The largest absolute Gasteiger partial charge is 0.483 e. The number of halogens is 3. The first kappa shape index (κ1) is 27.3. The first-order valence-corrected chi connectivity index (χ1v) is 15.2. The van der Waals surface area contributed by atoms with Crippen molar-refractivity contribution in [2.75, 3.05) is 31.1 Å². The molecule has 3 aromatic rings. The Labute approximate surface area is 236 Å². The van der Waals surface area contributed by atoms with Crippen molar-refractivity contribution in [3.63, 3.8) is 0 Å². The Morgan fingerprint density at radius 3 is 2.37 bits per heavy atom. The molecule has 1 saturated heterocycles. The second-order valence-corrected chi connectivity index (χ2v) is 12.7. The molecule has 8 nitrogen and oxygen atoms in total. The molecule has 12 heteroatoms. The normalized spacial score (nSPS) is 17.2. The highest BCUT2D eigenvalue weighted by Gasteiger charge is 2.30. The highest BCUT2D eigenvalue weighted by molar-refractivity contribution is 7.88. The van der Waals surface area contributed by atoms with E-state index in [1.54, 1.807) is 48.7 Å². The molecule has 5 rings (SSSR count). The molecule has 1 aliphatic carbocycles. The highest BCUT2D eigenvalue weighted by atomic mass is 35.5. The predicted octanol–water partition coefficient (Wildman–Crippen LogP) is 5.17. The van der Waals surface area contributed by atoms with Crippen LogP contribution in [0.15, 0.2) is 53.5 Å². The molecule has 0 atom stereocenters. The summed E-state index contributed by atoms with van der Waals surface area (Å²) in [4.78, 5) is 15.6. The average molecular weight is 598 g/mol. The minimum absolute atomic E-state index is 0.0375. The number of aromatic nitrogens is 2. The van der Waals surface area contributed by atoms with Gasteiger partial charge in [0.05, 0.1) is 33.8 Å². The van der Waals surface area contributed by atoms with E-state index < -0.39 is 10.0 Å². The lowest BCUT2D eigenvalue weighted by molar-refractivity contribution is 0.205. The molecule has 1 saturated carbocycles. The SMILES string of the molecule is O=c1c(OC2CCCC2)c(N2CCN(S(=O)(=O)Cc3ccc(Cl)c(Cl)c3)CC2)cnn1-c1cccc(Cl)c1. The van der Waals surface area contributed by atoms with E-state index in [4.69, 9.17) is 39.5 Å². The molecule has 2 aliphatic rings. The molecule has 0 spiro atoms.